The van der Waals surface area contributed by atoms with E-state index in [1.54, 1.807) is 35.5 Å². The summed E-state index contributed by atoms with van der Waals surface area (Å²) in [7, 11) is -0.170. The van der Waals surface area contributed by atoms with Crippen LogP contribution in [0.15, 0.2) is 53.4 Å². The quantitative estimate of drug-likeness (QED) is 0.623. The van der Waals surface area contributed by atoms with Gasteiger partial charge in [0, 0.05) is 26.7 Å². The van der Waals surface area contributed by atoms with Gasteiger partial charge in [0.2, 0.25) is 10.0 Å². The molecule has 0 saturated carbocycles. The van der Waals surface area contributed by atoms with E-state index in [2.05, 4.69) is 6.92 Å². The van der Waals surface area contributed by atoms with Gasteiger partial charge in [0.15, 0.2) is 6.61 Å². The van der Waals surface area contributed by atoms with Crippen molar-refractivity contribution in [3.8, 4) is 11.5 Å². The highest BCUT2D eigenvalue weighted by atomic mass is 32.2. The zero-order valence-corrected chi connectivity index (χ0v) is 19.1. The summed E-state index contributed by atoms with van der Waals surface area (Å²) in [5.74, 6) is 1.61. The number of piperidine rings is 1. The van der Waals surface area contributed by atoms with Gasteiger partial charge >= 0.3 is 0 Å². The zero-order valence-electron chi connectivity index (χ0n) is 18.3. The predicted octanol–water partition coefficient (Wildman–Crippen LogP) is 3.15. The molecule has 2 aromatic carbocycles. The number of carbonyl (C=O) groups excluding carboxylic acids is 1. The molecule has 2 aromatic rings. The van der Waals surface area contributed by atoms with Crippen molar-refractivity contribution in [1.82, 2.24) is 9.21 Å². The monoisotopic (exact) mass is 446 g/mol. The number of likely N-dealkylation sites (N-methyl/N-ethyl adjacent to an activating group) is 1. The Bertz CT molecular complexity index is 966. The van der Waals surface area contributed by atoms with E-state index in [1.165, 1.54) is 12.1 Å². The number of methoxy groups -OCH3 is 1. The first-order valence-corrected chi connectivity index (χ1v) is 11.8. The van der Waals surface area contributed by atoms with Gasteiger partial charge in [0.05, 0.1) is 12.0 Å². The van der Waals surface area contributed by atoms with Gasteiger partial charge in [-0.15, -0.1) is 0 Å². The third-order valence-corrected chi connectivity index (χ3v) is 7.48. The van der Waals surface area contributed by atoms with Crippen molar-refractivity contribution < 1.29 is 22.7 Å². The van der Waals surface area contributed by atoms with Crippen molar-refractivity contribution in [1.29, 1.82) is 0 Å². The molecular formula is C23H30N2O5S. The molecule has 7 nitrogen and oxygen atoms in total. The summed E-state index contributed by atoms with van der Waals surface area (Å²) in [4.78, 5) is 14.2. The first kappa shape index (κ1) is 23.1. The van der Waals surface area contributed by atoms with E-state index in [9.17, 15) is 13.2 Å². The van der Waals surface area contributed by atoms with Crippen LogP contribution in [-0.2, 0) is 21.4 Å². The number of nitrogens with zero attached hydrogens (tertiary/aromatic N) is 2. The molecule has 1 aliphatic heterocycles. The van der Waals surface area contributed by atoms with Gasteiger partial charge in [-0.25, -0.2) is 8.42 Å². The SMILES string of the molecule is COc1ccc(CN(C)C(=O)COc2ccc(S(=O)(=O)N3CCC(C)CC3)cc2)cc1. The van der Waals surface area contributed by atoms with E-state index >= 15 is 0 Å². The molecule has 0 radical (unpaired) electrons. The number of ether oxygens (including phenoxy) is 2. The standard InChI is InChI=1S/C23H30N2O5S/c1-18-12-14-25(15-13-18)31(27,28)22-10-8-21(9-11-22)30-17-23(26)24(2)16-19-4-6-20(29-3)7-5-19/h4-11,18H,12-17H2,1-3H3. The molecule has 1 aliphatic rings. The van der Waals surface area contributed by atoms with Crippen LogP contribution in [0.5, 0.6) is 11.5 Å². The van der Waals surface area contributed by atoms with E-state index in [0.717, 1.165) is 24.2 Å². The fourth-order valence-corrected chi connectivity index (χ4v) is 4.90. The summed E-state index contributed by atoms with van der Waals surface area (Å²) >= 11 is 0. The van der Waals surface area contributed by atoms with Crippen molar-refractivity contribution >= 4 is 15.9 Å². The maximum absolute atomic E-state index is 12.8. The molecule has 1 saturated heterocycles. The number of hydrogen-bond acceptors (Lipinski definition) is 5. The summed E-state index contributed by atoms with van der Waals surface area (Å²) in [6.45, 7) is 3.58. The van der Waals surface area contributed by atoms with Crippen LogP contribution in [0.1, 0.15) is 25.3 Å². The lowest BCUT2D eigenvalue weighted by atomic mass is 10.0. The Morgan fingerprint density at radius 2 is 1.61 bits per heavy atom. The average molecular weight is 447 g/mol. The maximum Gasteiger partial charge on any atom is 0.260 e. The molecule has 8 heteroatoms. The van der Waals surface area contributed by atoms with Gasteiger partial charge in [-0.2, -0.15) is 4.31 Å². The Morgan fingerprint density at radius 1 is 1.03 bits per heavy atom. The van der Waals surface area contributed by atoms with E-state index in [1.807, 2.05) is 24.3 Å². The first-order valence-electron chi connectivity index (χ1n) is 10.4. The Kier molecular flexibility index (Phi) is 7.56. The van der Waals surface area contributed by atoms with Crippen LogP contribution < -0.4 is 9.47 Å². The molecule has 1 fully saturated rings. The lowest BCUT2D eigenvalue weighted by Crippen LogP contribution is -2.37. The number of sulfonamides is 1. The molecule has 0 atom stereocenters. The van der Waals surface area contributed by atoms with Gasteiger partial charge in [-0.05, 0) is 60.7 Å². The Hall–Kier alpha value is -2.58. The summed E-state index contributed by atoms with van der Waals surface area (Å²) in [6.07, 6.45) is 1.76. The molecule has 0 bridgehead atoms. The van der Waals surface area contributed by atoms with Crippen LogP contribution >= 0.6 is 0 Å². The van der Waals surface area contributed by atoms with Crippen LogP contribution in [0.4, 0.5) is 0 Å². The van der Waals surface area contributed by atoms with Crippen LogP contribution in [0, 0.1) is 5.92 Å². The summed E-state index contributed by atoms with van der Waals surface area (Å²) in [6, 6.07) is 13.8. The second-order valence-corrected chi connectivity index (χ2v) is 9.88. The second kappa shape index (κ2) is 10.2. The lowest BCUT2D eigenvalue weighted by molar-refractivity contribution is -0.132. The van der Waals surface area contributed by atoms with E-state index < -0.39 is 10.0 Å². The zero-order chi connectivity index (χ0) is 22.4. The fraction of sp³-hybridized carbons (Fsp3) is 0.435. The molecule has 1 amide bonds. The highest BCUT2D eigenvalue weighted by molar-refractivity contribution is 7.89. The molecule has 1 heterocycles. The van der Waals surface area contributed by atoms with Crippen molar-refractivity contribution in [2.45, 2.75) is 31.2 Å². The third-order valence-electron chi connectivity index (χ3n) is 5.57. The summed E-state index contributed by atoms with van der Waals surface area (Å²) in [5, 5.41) is 0. The largest absolute Gasteiger partial charge is 0.497 e. The highest BCUT2D eigenvalue weighted by Gasteiger charge is 2.28. The van der Waals surface area contributed by atoms with Crippen molar-refractivity contribution in [2.75, 3.05) is 33.9 Å². The molecule has 0 spiro atoms. The van der Waals surface area contributed by atoms with Crippen molar-refractivity contribution in [3.63, 3.8) is 0 Å². The van der Waals surface area contributed by atoms with E-state index in [4.69, 9.17) is 9.47 Å². The minimum Gasteiger partial charge on any atom is -0.497 e. The number of amides is 1. The number of hydrogen-bond donors (Lipinski definition) is 0. The molecule has 0 aliphatic carbocycles. The van der Waals surface area contributed by atoms with E-state index in [-0.39, 0.29) is 17.4 Å². The normalized spacial score (nSPS) is 15.5. The minimum absolute atomic E-state index is 0.122. The summed E-state index contributed by atoms with van der Waals surface area (Å²) < 4.78 is 37.8. The first-order chi connectivity index (χ1) is 14.8. The highest BCUT2D eigenvalue weighted by Crippen LogP contribution is 2.24. The molecule has 0 N–H and O–H groups in total. The van der Waals surface area contributed by atoms with Crippen LogP contribution in [-0.4, -0.2) is 57.4 Å². The van der Waals surface area contributed by atoms with Gasteiger partial charge in [0.25, 0.3) is 5.91 Å². The Morgan fingerprint density at radius 3 is 2.19 bits per heavy atom. The van der Waals surface area contributed by atoms with Crippen molar-refractivity contribution in [2.24, 2.45) is 5.92 Å². The fourth-order valence-electron chi connectivity index (χ4n) is 3.43. The lowest BCUT2D eigenvalue weighted by Gasteiger charge is -2.29. The topological polar surface area (TPSA) is 76.1 Å². The Labute approximate surface area is 184 Å². The van der Waals surface area contributed by atoms with Crippen LogP contribution in [0.2, 0.25) is 0 Å². The molecule has 31 heavy (non-hydrogen) atoms. The van der Waals surface area contributed by atoms with Gasteiger partial charge in [0.1, 0.15) is 11.5 Å². The third kappa shape index (κ3) is 5.98. The van der Waals surface area contributed by atoms with Gasteiger partial charge in [-0.3, -0.25) is 4.79 Å². The van der Waals surface area contributed by atoms with E-state index in [0.29, 0.717) is 31.3 Å². The molecule has 3 rings (SSSR count). The maximum atomic E-state index is 12.8. The second-order valence-electron chi connectivity index (χ2n) is 7.94. The predicted molar refractivity (Wildman–Crippen MR) is 119 cm³/mol. The molecule has 0 aromatic heterocycles. The summed E-state index contributed by atoms with van der Waals surface area (Å²) in [5.41, 5.74) is 0.985. The minimum atomic E-state index is -3.49. The average Bonchev–Trinajstić information content (AvgIpc) is 2.78. The molecule has 0 unspecified atom stereocenters. The Balaban J connectivity index is 1.52. The van der Waals surface area contributed by atoms with Crippen LogP contribution in [0.25, 0.3) is 0 Å². The number of carbonyl (C=O) groups is 1. The van der Waals surface area contributed by atoms with Crippen LogP contribution in [0.3, 0.4) is 0 Å². The van der Waals surface area contributed by atoms with Crippen molar-refractivity contribution in [3.05, 3.63) is 54.1 Å². The molecule has 168 valence electrons. The van der Waals surface area contributed by atoms with Gasteiger partial charge < -0.3 is 14.4 Å². The van der Waals surface area contributed by atoms with Gasteiger partial charge in [-0.1, -0.05) is 19.1 Å². The smallest absolute Gasteiger partial charge is 0.260 e. The number of rotatable bonds is 8. The molecular weight excluding hydrogens is 416 g/mol. The number of benzene rings is 2.